The Morgan fingerprint density at radius 3 is 2.56 bits per heavy atom. The molecule has 1 aromatic carbocycles. The first kappa shape index (κ1) is 10.5. The van der Waals surface area contributed by atoms with Crippen molar-refractivity contribution in [2.24, 2.45) is 17.8 Å². The monoisotopic (exact) mass is 233 g/mol. The summed E-state index contributed by atoms with van der Waals surface area (Å²) in [7, 11) is 0. The van der Waals surface area contributed by atoms with Crippen molar-refractivity contribution in [2.45, 2.75) is 30.6 Å². The number of benzene rings is 1. The van der Waals surface area contributed by atoms with E-state index in [2.05, 4.69) is 12.1 Å². The van der Waals surface area contributed by atoms with Crippen LogP contribution in [-0.4, -0.2) is 5.75 Å². The van der Waals surface area contributed by atoms with Gasteiger partial charge in [-0.2, -0.15) is 0 Å². The molecule has 2 bridgehead atoms. The molecule has 1 aromatic rings. The molecule has 0 aliphatic heterocycles. The highest BCUT2D eigenvalue weighted by Gasteiger charge is 2.38. The summed E-state index contributed by atoms with van der Waals surface area (Å²) in [5.74, 6) is 4.42. The molecule has 3 atom stereocenters. The Labute approximate surface area is 102 Å². The summed E-state index contributed by atoms with van der Waals surface area (Å²) < 4.78 is 0. The fourth-order valence-electron chi connectivity index (χ4n) is 3.35. The standard InChI is InChI=1S/C14H19NS/c15-13-3-5-14(6-4-13)16-9-12-8-10-1-2-11(12)7-10/h3-6,10-12H,1-2,7-9,15H2. The molecule has 0 spiro atoms. The Morgan fingerprint density at radius 1 is 1.12 bits per heavy atom. The third-order valence-electron chi connectivity index (χ3n) is 4.23. The lowest BCUT2D eigenvalue weighted by Gasteiger charge is -2.20. The Hall–Kier alpha value is -0.630. The zero-order chi connectivity index (χ0) is 11.0. The summed E-state index contributed by atoms with van der Waals surface area (Å²) in [6.07, 6.45) is 6.02. The summed E-state index contributed by atoms with van der Waals surface area (Å²) in [5.41, 5.74) is 6.55. The molecule has 0 amide bonds. The van der Waals surface area contributed by atoms with Gasteiger partial charge in [0.15, 0.2) is 0 Å². The predicted octanol–water partition coefficient (Wildman–Crippen LogP) is 3.80. The van der Waals surface area contributed by atoms with Gasteiger partial charge >= 0.3 is 0 Å². The molecule has 2 saturated carbocycles. The largest absolute Gasteiger partial charge is 0.399 e. The molecule has 2 aliphatic rings. The lowest BCUT2D eigenvalue weighted by atomic mass is 9.90. The van der Waals surface area contributed by atoms with E-state index in [4.69, 9.17) is 5.73 Å². The summed E-state index contributed by atoms with van der Waals surface area (Å²) in [6, 6.07) is 8.30. The molecule has 0 heterocycles. The van der Waals surface area contributed by atoms with Crippen LogP contribution in [-0.2, 0) is 0 Å². The highest BCUT2D eigenvalue weighted by molar-refractivity contribution is 7.99. The lowest BCUT2D eigenvalue weighted by Crippen LogP contribution is -2.12. The van der Waals surface area contributed by atoms with Crippen LogP contribution in [0.4, 0.5) is 5.69 Å². The van der Waals surface area contributed by atoms with E-state index in [-0.39, 0.29) is 0 Å². The van der Waals surface area contributed by atoms with Gasteiger partial charge in [-0.05, 0) is 61.3 Å². The van der Waals surface area contributed by atoms with Gasteiger partial charge in [0.2, 0.25) is 0 Å². The smallest absolute Gasteiger partial charge is 0.0314 e. The van der Waals surface area contributed by atoms with E-state index in [0.717, 1.165) is 23.4 Å². The van der Waals surface area contributed by atoms with Crippen LogP contribution in [0, 0.1) is 17.8 Å². The fraction of sp³-hybridized carbons (Fsp3) is 0.571. The maximum absolute atomic E-state index is 5.69. The van der Waals surface area contributed by atoms with E-state index in [9.17, 15) is 0 Å². The van der Waals surface area contributed by atoms with Gasteiger partial charge in [-0.15, -0.1) is 11.8 Å². The Morgan fingerprint density at radius 2 is 1.94 bits per heavy atom. The van der Waals surface area contributed by atoms with Gasteiger partial charge in [0, 0.05) is 16.3 Å². The Balaban J connectivity index is 1.55. The van der Waals surface area contributed by atoms with Gasteiger partial charge in [0.1, 0.15) is 0 Å². The minimum Gasteiger partial charge on any atom is -0.399 e. The molecule has 2 N–H and O–H groups in total. The third kappa shape index (κ3) is 2.08. The number of hydrogen-bond donors (Lipinski definition) is 1. The number of nitrogens with two attached hydrogens (primary N) is 1. The van der Waals surface area contributed by atoms with E-state index in [1.54, 1.807) is 0 Å². The van der Waals surface area contributed by atoms with Crippen molar-refractivity contribution in [3.05, 3.63) is 24.3 Å². The summed E-state index contributed by atoms with van der Waals surface area (Å²) in [6.45, 7) is 0. The topological polar surface area (TPSA) is 26.0 Å². The van der Waals surface area contributed by atoms with E-state index in [0.29, 0.717) is 0 Å². The summed E-state index contributed by atoms with van der Waals surface area (Å²) in [5, 5.41) is 0. The minimum absolute atomic E-state index is 0.865. The van der Waals surface area contributed by atoms with Crippen LogP contribution in [0.1, 0.15) is 25.7 Å². The Bertz CT molecular complexity index is 360. The number of anilines is 1. The first-order valence-corrected chi connectivity index (χ1v) is 7.28. The van der Waals surface area contributed by atoms with Crippen LogP contribution in [0.15, 0.2) is 29.2 Å². The van der Waals surface area contributed by atoms with Crippen molar-refractivity contribution in [2.75, 3.05) is 11.5 Å². The van der Waals surface area contributed by atoms with Gasteiger partial charge in [-0.3, -0.25) is 0 Å². The number of rotatable bonds is 3. The summed E-state index contributed by atoms with van der Waals surface area (Å²) >= 11 is 2.01. The average Bonchev–Trinajstić information content (AvgIpc) is 2.90. The first-order valence-electron chi connectivity index (χ1n) is 6.29. The number of thioether (sulfide) groups is 1. The molecule has 0 saturated heterocycles. The fourth-order valence-corrected chi connectivity index (χ4v) is 4.49. The second-order valence-corrected chi connectivity index (χ2v) is 6.41. The first-order chi connectivity index (χ1) is 7.81. The van der Waals surface area contributed by atoms with Crippen LogP contribution in [0.5, 0.6) is 0 Å². The maximum atomic E-state index is 5.69. The normalized spacial score (nSPS) is 32.1. The van der Waals surface area contributed by atoms with Crippen molar-refractivity contribution in [3.8, 4) is 0 Å². The number of hydrogen-bond acceptors (Lipinski definition) is 2. The van der Waals surface area contributed by atoms with Crippen LogP contribution >= 0.6 is 11.8 Å². The second kappa shape index (κ2) is 4.33. The maximum Gasteiger partial charge on any atom is 0.0314 e. The van der Waals surface area contributed by atoms with Crippen molar-refractivity contribution in [3.63, 3.8) is 0 Å². The van der Waals surface area contributed by atoms with Gasteiger partial charge in [-0.25, -0.2) is 0 Å². The van der Waals surface area contributed by atoms with Crippen LogP contribution in [0.2, 0.25) is 0 Å². The molecular formula is C14H19NS. The minimum atomic E-state index is 0.865. The van der Waals surface area contributed by atoms with Gasteiger partial charge in [0.25, 0.3) is 0 Å². The van der Waals surface area contributed by atoms with Crippen LogP contribution < -0.4 is 5.73 Å². The molecule has 1 nitrogen and oxygen atoms in total. The lowest BCUT2D eigenvalue weighted by molar-refractivity contribution is 0.365. The molecule has 2 fully saturated rings. The van der Waals surface area contributed by atoms with E-state index < -0.39 is 0 Å². The molecule has 2 aliphatic carbocycles. The Kier molecular flexibility index (Phi) is 2.84. The van der Waals surface area contributed by atoms with E-state index in [1.165, 1.54) is 36.3 Å². The van der Waals surface area contributed by atoms with Crippen molar-refractivity contribution >= 4 is 17.4 Å². The molecule has 3 unspecified atom stereocenters. The highest BCUT2D eigenvalue weighted by Crippen LogP contribution is 2.49. The molecule has 2 heteroatoms. The second-order valence-electron chi connectivity index (χ2n) is 5.31. The van der Waals surface area contributed by atoms with E-state index >= 15 is 0 Å². The molecular weight excluding hydrogens is 214 g/mol. The molecule has 0 aromatic heterocycles. The van der Waals surface area contributed by atoms with E-state index in [1.807, 2.05) is 23.9 Å². The molecule has 16 heavy (non-hydrogen) atoms. The van der Waals surface area contributed by atoms with Crippen LogP contribution in [0.3, 0.4) is 0 Å². The van der Waals surface area contributed by atoms with Crippen molar-refractivity contribution < 1.29 is 0 Å². The quantitative estimate of drug-likeness (QED) is 0.635. The molecule has 86 valence electrons. The van der Waals surface area contributed by atoms with Gasteiger partial charge in [0.05, 0.1) is 0 Å². The SMILES string of the molecule is Nc1ccc(SCC2CC3CCC2C3)cc1. The van der Waals surface area contributed by atoms with Crippen molar-refractivity contribution in [1.29, 1.82) is 0 Å². The molecule has 3 rings (SSSR count). The third-order valence-corrected chi connectivity index (χ3v) is 5.43. The van der Waals surface area contributed by atoms with Gasteiger partial charge < -0.3 is 5.73 Å². The van der Waals surface area contributed by atoms with Crippen molar-refractivity contribution in [1.82, 2.24) is 0 Å². The number of fused-ring (bicyclic) bond motifs is 2. The zero-order valence-corrected chi connectivity index (χ0v) is 10.4. The predicted molar refractivity (Wildman–Crippen MR) is 70.5 cm³/mol. The van der Waals surface area contributed by atoms with Crippen LogP contribution in [0.25, 0.3) is 0 Å². The number of nitrogen functional groups attached to an aromatic ring is 1. The molecule has 0 radical (unpaired) electrons. The highest BCUT2D eigenvalue weighted by atomic mass is 32.2. The zero-order valence-electron chi connectivity index (χ0n) is 9.56. The average molecular weight is 233 g/mol. The van der Waals surface area contributed by atoms with Gasteiger partial charge in [-0.1, -0.05) is 6.42 Å². The summed E-state index contributed by atoms with van der Waals surface area (Å²) in [4.78, 5) is 1.37.